The number of hydrogen-bond donors (Lipinski definition) is 1. The molecule has 2 N–H and O–H groups in total. The van der Waals surface area contributed by atoms with Gasteiger partial charge in [-0.1, -0.05) is 6.07 Å². The topological polar surface area (TPSA) is 74.4 Å². The van der Waals surface area contributed by atoms with Crippen molar-refractivity contribution in [2.45, 2.75) is 19.6 Å². The average Bonchev–Trinajstić information content (AvgIpc) is 2.30. The fourth-order valence-corrected chi connectivity index (χ4v) is 2.92. The van der Waals surface area contributed by atoms with Gasteiger partial charge in [0.15, 0.2) is 0 Å². The van der Waals surface area contributed by atoms with Gasteiger partial charge in [-0.05, 0) is 25.5 Å². The smallest absolute Gasteiger partial charge is 0.314 e. The largest absolute Gasteiger partial charge is 0.351 e. The quantitative estimate of drug-likeness (QED) is 0.777. The van der Waals surface area contributed by atoms with Crippen LogP contribution in [0.4, 0.5) is 0 Å². The number of nitrogens with two attached hydrogens (primary N) is 1. The van der Waals surface area contributed by atoms with Gasteiger partial charge in [-0.3, -0.25) is 9.55 Å². The second-order valence-corrected chi connectivity index (χ2v) is 5.26. The van der Waals surface area contributed by atoms with Gasteiger partial charge < -0.3 is 14.8 Å². The minimum Gasteiger partial charge on any atom is -0.314 e. The van der Waals surface area contributed by atoms with E-state index in [0.717, 1.165) is 0 Å². The highest BCUT2D eigenvalue weighted by atomic mass is 31.2. The van der Waals surface area contributed by atoms with Gasteiger partial charge >= 0.3 is 7.60 Å². The molecule has 0 fully saturated rings. The molecule has 1 rings (SSSR count). The van der Waals surface area contributed by atoms with E-state index in [2.05, 4.69) is 4.98 Å². The van der Waals surface area contributed by atoms with Crippen LogP contribution in [0.25, 0.3) is 0 Å². The summed E-state index contributed by atoms with van der Waals surface area (Å²) in [6.45, 7) is 4.10. The van der Waals surface area contributed by atoms with Crippen molar-refractivity contribution in [2.24, 2.45) is 5.73 Å². The Bertz CT molecular complexity index is 348. The summed E-state index contributed by atoms with van der Waals surface area (Å²) in [5, 5.41) is 0. The minimum atomic E-state index is -3.29. The standard InChI is InChI=1S/C10H17N2O3P/c1-3-14-16(13,15-4-2)10(11)9-6-5-7-12-8-9/h5-8,10H,3-4,11H2,1-2H3/t10-/m0/s1. The monoisotopic (exact) mass is 244 g/mol. The molecule has 0 aliphatic rings. The first kappa shape index (κ1) is 13.3. The van der Waals surface area contributed by atoms with E-state index in [1.54, 1.807) is 38.4 Å². The van der Waals surface area contributed by atoms with Crippen LogP contribution in [0.1, 0.15) is 25.2 Å². The summed E-state index contributed by atoms with van der Waals surface area (Å²) in [6, 6.07) is 3.49. The van der Waals surface area contributed by atoms with Crippen molar-refractivity contribution in [3.63, 3.8) is 0 Å². The van der Waals surface area contributed by atoms with Gasteiger partial charge in [0.2, 0.25) is 0 Å². The van der Waals surface area contributed by atoms with E-state index in [4.69, 9.17) is 14.8 Å². The summed E-state index contributed by atoms with van der Waals surface area (Å²) in [4.78, 5) is 3.93. The van der Waals surface area contributed by atoms with Crippen molar-refractivity contribution < 1.29 is 13.6 Å². The zero-order valence-corrected chi connectivity index (χ0v) is 10.4. The molecule has 0 amide bonds. The third-order valence-electron chi connectivity index (χ3n) is 1.98. The molecule has 1 heterocycles. The lowest BCUT2D eigenvalue weighted by molar-refractivity contribution is 0.212. The van der Waals surface area contributed by atoms with Crippen molar-refractivity contribution in [3.8, 4) is 0 Å². The molecule has 6 heteroatoms. The Morgan fingerprint density at radius 3 is 2.50 bits per heavy atom. The highest BCUT2D eigenvalue weighted by Gasteiger charge is 2.33. The maximum absolute atomic E-state index is 12.3. The average molecular weight is 244 g/mol. The van der Waals surface area contributed by atoms with E-state index in [1.165, 1.54) is 0 Å². The van der Waals surface area contributed by atoms with Crippen molar-refractivity contribution in [3.05, 3.63) is 30.1 Å². The van der Waals surface area contributed by atoms with Crippen LogP contribution in [0.5, 0.6) is 0 Å². The van der Waals surface area contributed by atoms with Crippen LogP contribution in [0.2, 0.25) is 0 Å². The molecular weight excluding hydrogens is 227 g/mol. The first-order valence-electron chi connectivity index (χ1n) is 5.18. The normalized spacial score (nSPS) is 13.7. The van der Waals surface area contributed by atoms with Crippen molar-refractivity contribution >= 4 is 7.60 Å². The summed E-state index contributed by atoms with van der Waals surface area (Å²) in [6.07, 6.45) is 3.19. The molecule has 1 aromatic rings. The lowest BCUT2D eigenvalue weighted by Crippen LogP contribution is -2.15. The van der Waals surface area contributed by atoms with Gasteiger partial charge in [0.1, 0.15) is 5.78 Å². The van der Waals surface area contributed by atoms with Gasteiger partial charge in [-0.25, -0.2) is 0 Å². The van der Waals surface area contributed by atoms with E-state index in [1.807, 2.05) is 0 Å². The Hall–Kier alpha value is -0.740. The van der Waals surface area contributed by atoms with E-state index in [9.17, 15) is 4.57 Å². The van der Waals surface area contributed by atoms with Crippen LogP contribution < -0.4 is 5.73 Å². The zero-order chi connectivity index (χ0) is 12.0. The van der Waals surface area contributed by atoms with Crippen molar-refractivity contribution in [2.75, 3.05) is 13.2 Å². The van der Waals surface area contributed by atoms with E-state index in [-0.39, 0.29) is 0 Å². The van der Waals surface area contributed by atoms with E-state index >= 15 is 0 Å². The molecule has 5 nitrogen and oxygen atoms in total. The number of rotatable bonds is 6. The molecule has 1 aromatic heterocycles. The first-order chi connectivity index (χ1) is 7.64. The number of pyridine rings is 1. The summed E-state index contributed by atoms with van der Waals surface area (Å²) in [7, 11) is -3.29. The summed E-state index contributed by atoms with van der Waals surface area (Å²) < 4.78 is 22.6. The van der Waals surface area contributed by atoms with Crippen LogP contribution in [0.3, 0.4) is 0 Å². The molecule has 0 unspecified atom stereocenters. The maximum atomic E-state index is 12.3. The third kappa shape index (κ3) is 3.12. The van der Waals surface area contributed by atoms with Crippen LogP contribution in [0, 0.1) is 0 Å². The van der Waals surface area contributed by atoms with Crippen molar-refractivity contribution in [1.29, 1.82) is 0 Å². The van der Waals surface area contributed by atoms with Crippen molar-refractivity contribution in [1.82, 2.24) is 4.98 Å². The summed E-state index contributed by atoms with van der Waals surface area (Å²) in [5.74, 6) is -0.791. The second-order valence-electron chi connectivity index (χ2n) is 3.11. The SMILES string of the molecule is CCOP(=O)(OCC)[C@H](N)c1cccnc1. The predicted molar refractivity (Wildman–Crippen MR) is 62.0 cm³/mol. The molecule has 0 aromatic carbocycles. The Morgan fingerprint density at radius 2 is 2.06 bits per heavy atom. The summed E-state index contributed by atoms with van der Waals surface area (Å²) >= 11 is 0. The van der Waals surface area contributed by atoms with Crippen LogP contribution >= 0.6 is 7.60 Å². The Kier molecular flexibility index (Phi) is 5.09. The highest BCUT2D eigenvalue weighted by Crippen LogP contribution is 2.57. The zero-order valence-electron chi connectivity index (χ0n) is 9.50. The Labute approximate surface area is 95.5 Å². The molecule has 0 spiro atoms. The molecule has 0 aliphatic carbocycles. The lowest BCUT2D eigenvalue weighted by Gasteiger charge is -2.22. The van der Waals surface area contributed by atoms with Gasteiger partial charge in [0.25, 0.3) is 0 Å². The molecule has 0 saturated carbocycles. The molecule has 1 atom stereocenters. The lowest BCUT2D eigenvalue weighted by atomic mass is 10.3. The van der Waals surface area contributed by atoms with Crippen LogP contribution in [-0.4, -0.2) is 18.2 Å². The van der Waals surface area contributed by atoms with Gasteiger partial charge in [0, 0.05) is 12.4 Å². The number of nitrogens with zero attached hydrogens (tertiary/aromatic N) is 1. The fraction of sp³-hybridized carbons (Fsp3) is 0.500. The predicted octanol–water partition coefficient (Wildman–Crippen LogP) is 2.31. The molecule has 0 radical (unpaired) electrons. The van der Waals surface area contributed by atoms with Crippen LogP contribution in [-0.2, 0) is 13.6 Å². The molecule has 16 heavy (non-hydrogen) atoms. The number of hydrogen-bond acceptors (Lipinski definition) is 5. The van der Waals surface area contributed by atoms with Gasteiger partial charge in [-0.2, -0.15) is 0 Å². The first-order valence-corrected chi connectivity index (χ1v) is 6.79. The van der Waals surface area contributed by atoms with Gasteiger partial charge in [-0.15, -0.1) is 0 Å². The Morgan fingerprint density at radius 1 is 1.44 bits per heavy atom. The minimum absolute atomic E-state index is 0.297. The number of aromatic nitrogens is 1. The highest BCUT2D eigenvalue weighted by molar-refractivity contribution is 7.54. The fourth-order valence-electron chi connectivity index (χ4n) is 1.29. The second kappa shape index (κ2) is 6.11. The van der Waals surface area contributed by atoms with E-state index in [0.29, 0.717) is 18.8 Å². The Balaban J connectivity index is 2.91. The molecular formula is C10H17N2O3P. The summed E-state index contributed by atoms with van der Waals surface area (Å²) in [5.41, 5.74) is 6.54. The molecule has 0 bridgehead atoms. The molecule has 0 saturated heterocycles. The van der Waals surface area contributed by atoms with Crippen LogP contribution in [0.15, 0.2) is 24.5 Å². The van der Waals surface area contributed by atoms with Gasteiger partial charge in [0.05, 0.1) is 13.2 Å². The van der Waals surface area contributed by atoms with E-state index < -0.39 is 13.4 Å². The molecule has 90 valence electrons. The molecule has 0 aliphatic heterocycles. The maximum Gasteiger partial charge on any atom is 0.351 e. The third-order valence-corrected chi connectivity index (χ3v) is 4.20.